The first-order valence-electron chi connectivity index (χ1n) is 7.55. The van der Waals surface area contributed by atoms with Gasteiger partial charge in [0.25, 0.3) is 0 Å². The van der Waals surface area contributed by atoms with Crippen LogP contribution < -0.4 is 10.6 Å². The van der Waals surface area contributed by atoms with Crippen molar-refractivity contribution in [3.05, 3.63) is 70.8 Å². The fourth-order valence-corrected chi connectivity index (χ4v) is 2.88. The summed E-state index contributed by atoms with van der Waals surface area (Å²) in [5.74, 6) is 0.423. The number of aliphatic hydroxyl groups excluding tert-OH is 1. The van der Waals surface area contributed by atoms with Crippen LogP contribution in [0.15, 0.2) is 48.5 Å². The van der Waals surface area contributed by atoms with Gasteiger partial charge in [-0.25, -0.2) is 4.79 Å². The van der Waals surface area contributed by atoms with Crippen LogP contribution >= 0.6 is 0 Å². The normalized spacial score (nSPS) is 15.6. The van der Waals surface area contributed by atoms with Crippen LogP contribution in [0.1, 0.15) is 28.2 Å². The van der Waals surface area contributed by atoms with Gasteiger partial charge in [-0.2, -0.15) is 0 Å². The molecule has 2 aromatic carbocycles. The summed E-state index contributed by atoms with van der Waals surface area (Å²) in [4.78, 5) is 11.9. The third-order valence-electron chi connectivity index (χ3n) is 4.20. The van der Waals surface area contributed by atoms with Crippen molar-refractivity contribution in [3.63, 3.8) is 0 Å². The molecule has 0 aromatic heterocycles. The van der Waals surface area contributed by atoms with E-state index in [0.29, 0.717) is 19.0 Å². The van der Waals surface area contributed by atoms with E-state index in [1.54, 1.807) is 0 Å². The summed E-state index contributed by atoms with van der Waals surface area (Å²) in [6.07, 6.45) is 1.03. The Bertz CT molecular complexity index is 670. The highest BCUT2D eigenvalue weighted by molar-refractivity contribution is 5.74. The Morgan fingerprint density at radius 2 is 1.77 bits per heavy atom. The number of nitrogens with one attached hydrogen (secondary N) is 2. The molecule has 3 N–H and O–H groups in total. The Labute approximate surface area is 130 Å². The highest BCUT2D eigenvalue weighted by Crippen LogP contribution is 2.33. The molecule has 1 unspecified atom stereocenters. The van der Waals surface area contributed by atoms with Gasteiger partial charge in [-0.15, -0.1) is 0 Å². The fourth-order valence-electron chi connectivity index (χ4n) is 2.88. The van der Waals surface area contributed by atoms with Crippen molar-refractivity contribution < 1.29 is 9.90 Å². The molecule has 0 radical (unpaired) electrons. The minimum Gasteiger partial charge on any atom is -0.392 e. The highest BCUT2D eigenvalue weighted by Gasteiger charge is 2.25. The predicted octanol–water partition coefficient (Wildman–Crippen LogP) is 2.32. The molecule has 1 atom stereocenters. The fraction of sp³-hybridized carbons (Fsp3) is 0.278. The molecule has 3 rings (SSSR count). The topological polar surface area (TPSA) is 61.4 Å². The van der Waals surface area contributed by atoms with Crippen molar-refractivity contribution in [2.24, 2.45) is 0 Å². The van der Waals surface area contributed by atoms with E-state index in [9.17, 15) is 9.90 Å². The third-order valence-corrected chi connectivity index (χ3v) is 4.20. The van der Waals surface area contributed by atoms with Crippen LogP contribution in [0.25, 0.3) is 0 Å². The maximum Gasteiger partial charge on any atom is 0.315 e. The molecule has 4 heteroatoms. The van der Waals surface area contributed by atoms with Crippen LogP contribution in [0, 0.1) is 0 Å². The molecule has 0 saturated carbocycles. The number of fused-ring (bicyclic) bond motifs is 1. The van der Waals surface area contributed by atoms with E-state index in [0.717, 1.165) is 17.5 Å². The molecular formula is C18H20N2O2. The molecule has 2 amide bonds. The Kier molecular flexibility index (Phi) is 4.39. The lowest BCUT2D eigenvalue weighted by atomic mass is 9.78. The molecule has 0 bridgehead atoms. The molecule has 0 spiro atoms. The Hall–Kier alpha value is -2.33. The van der Waals surface area contributed by atoms with Crippen LogP contribution in [0.5, 0.6) is 0 Å². The molecule has 4 nitrogen and oxygen atoms in total. The average molecular weight is 296 g/mol. The molecule has 1 aliphatic rings. The summed E-state index contributed by atoms with van der Waals surface area (Å²) in [7, 11) is 0. The number of urea groups is 1. The van der Waals surface area contributed by atoms with Gasteiger partial charge >= 0.3 is 6.03 Å². The van der Waals surface area contributed by atoms with Gasteiger partial charge in [-0.3, -0.25) is 0 Å². The third kappa shape index (κ3) is 3.12. The zero-order chi connectivity index (χ0) is 15.4. The van der Waals surface area contributed by atoms with Crippen molar-refractivity contribution in [3.8, 4) is 0 Å². The van der Waals surface area contributed by atoms with E-state index in [2.05, 4.69) is 22.8 Å². The number of benzene rings is 2. The molecule has 22 heavy (non-hydrogen) atoms. The maximum atomic E-state index is 11.9. The summed E-state index contributed by atoms with van der Waals surface area (Å²) in [6, 6.07) is 15.7. The first-order valence-corrected chi connectivity index (χ1v) is 7.55. The van der Waals surface area contributed by atoms with Gasteiger partial charge in [0.15, 0.2) is 0 Å². The number of hydrogen-bond donors (Lipinski definition) is 3. The first kappa shape index (κ1) is 14.6. The van der Waals surface area contributed by atoms with E-state index in [4.69, 9.17) is 0 Å². The Balaban J connectivity index is 1.46. The van der Waals surface area contributed by atoms with Gasteiger partial charge in [-0.05, 0) is 28.7 Å². The number of amides is 2. The molecular weight excluding hydrogens is 276 g/mol. The van der Waals surface area contributed by atoms with Gasteiger partial charge in [-0.1, -0.05) is 48.5 Å². The number of carbonyl (C=O) groups is 1. The predicted molar refractivity (Wildman–Crippen MR) is 85.5 cm³/mol. The van der Waals surface area contributed by atoms with E-state index in [1.165, 1.54) is 11.1 Å². The number of carbonyl (C=O) groups excluding carboxylic acids is 1. The van der Waals surface area contributed by atoms with Crippen LogP contribution in [-0.2, 0) is 19.6 Å². The second kappa shape index (κ2) is 6.62. The Morgan fingerprint density at radius 1 is 1.05 bits per heavy atom. The minimum absolute atomic E-state index is 0.0155. The van der Waals surface area contributed by atoms with Crippen molar-refractivity contribution in [2.75, 3.05) is 6.54 Å². The summed E-state index contributed by atoms with van der Waals surface area (Å²) < 4.78 is 0. The number of hydrogen-bond acceptors (Lipinski definition) is 2. The van der Waals surface area contributed by atoms with Crippen molar-refractivity contribution >= 4 is 6.03 Å². The van der Waals surface area contributed by atoms with E-state index >= 15 is 0 Å². The SMILES string of the molecule is O=C(NCc1ccccc1CO)NCC1Cc2ccccc21. The second-order valence-corrected chi connectivity index (χ2v) is 5.59. The van der Waals surface area contributed by atoms with Crippen LogP contribution in [0.4, 0.5) is 4.79 Å². The zero-order valence-corrected chi connectivity index (χ0v) is 12.4. The molecule has 0 aliphatic heterocycles. The van der Waals surface area contributed by atoms with Crippen LogP contribution in [-0.4, -0.2) is 17.7 Å². The lowest BCUT2D eigenvalue weighted by Crippen LogP contribution is -2.39. The molecule has 0 heterocycles. The van der Waals surface area contributed by atoms with Crippen molar-refractivity contribution in [2.45, 2.75) is 25.5 Å². The Morgan fingerprint density at radius 3 is 2.55 bits per heavy atom. The van der Waals surface area contributed by atoms with Gasteiger partial charge in [0.05, 0.1) is 6.61 Å². The van der Waals surface area contributed by atoms with Gasteiger partial charge in [0.1, 0.15) is 0 Å². The van der Waals surface area contributed by atoms with E-state index < -0.39 is 0 Å². The molecule has 114 valence electrons. The number of aliphatic hydroxyl groups is 1. The zero-order valence-electron chi connectivity index (χ0n) is 12.4. The summed E-state index contributed by atoms with van der Waals surface area (Å²) in [5.41, 5.74) is 4.50. The van der Waals surface area contributed by atoms with Crippen LogP contribution in [0.3, 0.4) is 0 Å². The van der Waals surface area contributed by atoms with Crippen molar-refractivity contribution in [1.82, 2.24) is 10.6 Å². The molecule has 0 fully saturated rings. The lowest BCUT2D eigenvalue weighted by molar-refractivity contribution is 0.239. The monoisotopic (exact) mass is 296 g/mol. The first-order chi connectivity index (χ1) is 10.8. The number of rotatable bonds is 5. The quantitative estimate of drug-likeness (QED) is 0.793. The summed E-state index contributed by atoms with van der Waals surface area (Å²) in [6.45, 7) is 1.06. The van der Waals surface area contributed by atoms with Gasteiger partial charge in [0, 0.05) is 19.0 Å². The standard InChI is InChI=1S/C18H20N2O2/c21-12-15-7-2-1-6-14(15)10-19-18(22)20-11-16-9-13-5-3-4-8-17(13)16/h1-8,16,21H,9-12H2,(H2,19,20,22). The maximum absolute atomic E-state index is 11.9. The highest BCUT2D eigenvalue weighted by atomic mass is 16.3. The van der Waals surface area contributed by atoms with Gasteiger partial charge < -0.3 is 15.7 Å². The van der Waals surface area contributed by atoms with Gasteiger partial charge in [0.2, 0.25) is 0 Å². The molecule has 1 aliphatic carbocycles. The molecule has 0 saturated heterocycles. The van der Waals surface area contributed by atoms with E-state index in [-0.39, 0.29) is 12.6 Å². The second-order valence-electron chi connectivity index (χ2n) is 5.59. The minimum atomic E-state index is -0.169. The lowest BCUT2D eigenvalue weighted by Gasteiger charge is -2.30. The largest absolute Gasteiger partial charge is 0.392 e. The smallest absolute Gasteiger partial charge is 0.315 e. The average Bonchev–Trinajstić information content (AvgIpc) is 2.54. The van der Waals surface area contributed by atoms with E-state index in [1.807, 2.05) is 36.4 Å². The summed E-state index contributed by atoms with van der Waals surface area (Å²) >= 11 is 0. The summed E-state index contributed by atoms with van der Waals surface area (Å²) in [5, 5.41) is 15.0. The molecule has 2 aromatic rings. The van der Waals surface area contributed by atoms with Crippen LogP contribution in [0.2, 0.25) is 0 Å². The van der Waals surface area contributed by atoms with Crippen molar-refractivity contribution in [1.29, 1.82) is 0 Å².